The van der Waals surface area contributed by atoms with Gasteiger partial charge >= 0.3 is 0 Å². The zero-order valence-electron chi connectivity index (χ0n) is 11.9. The molecule has 0 saturated heterocycles. The Labute approximate surface area is 137 Å². The molecule has 0 fully saturated rings. The fourth-order valence-electron chi connectivity index (χ4n) is 1.83. The maximum absolute atomic E-state index is 11.8. The van der Waals surface area contributed by atoms with Gasteiger partial charge in [0.1, 0.15) is 0 Å². The number of carbonyl (C=O) groups excluding carboxylic acids is 2. The standard InChI is InChI=1S/C16H16BrN3O2/c17-13-5-3-4-12(8-13)9-15(21)20-11-16(22)19-10-14-6-1-2-7-18-14/h1-8H,9-11H2,(H,19,22)(H,20,21). The summed E-state index contributed by atoms with van der Waals surface area (Å²) in [6.45, 7) is 0.306. The molecule has 0 aliphatic rings. The number of halogens is 1. The molecule has 2 amide bonds. The Kier molecular flexibility index (Phi) is 6.09. The highest BCUT2D eigenvalue weighted by atomic mass is 79.9. The van der Waals surface area contributed by atoms with Gasteiger partial charge < -0.3 is 10.6 Å². The van der Waals surface area contributed by atoms with Crippen LogP contribution in [0.1, 0.15) is 11.3 Å². The molecule has 0 radical (unpaired) electrons. The third-order valence-electron chi connectivity index (χ3n) is 2.89. The molecule has 5 nitrogen and oxygen atoms in total. The van der Waals surface area contributed by atoms with Gasteiger partial charge in [0.2, 0.25) is 11.8 Å². The summed E-state index contributed by atoms with van der Waals surface area (Å²) >= 11 is 3.36. The molecule has 0 aliphatic carbocycles. The first kappa shape index (κ1) is 16.2. The number of pyridine rings is 1. The maximum atomic E-state index is 11.8. The van der Waals surface area contributed by atoms with Crippen molar-refractivity contribution in [3.05, 3.63) is 64.4 Å². The quantitative estimate of drug-likeness (QED) is 0.824. The Bertz CT molecular complexity index is 647. The summed E-state index contributed by atoms with van der Waals surface area (Å²) < 4.78 is 0.922. The minimum Gasteiger partial charge on any atom is -0.349 e. The summed E-state index contributed by atoms with van der Waals surface area (Å²) in [7, 11) is 0. The lowest BCUT2D eigenvalue weighted by molar-refractivity contribution is -0.125. The molecule has 1 aromatic heterocycles. The van der Waals surface area contributed by atoms with Crippen molar-refractivity contribution < 1.29 is 9.59 Å². The van der Waals surface area contributed by atoms with E-state index in [1.165, 1.54) is 0 Å². The van der Waals surface area contributed by atoms with E-state index in [1.54, 1.807) is 6.20 Å². The van der Waals surface area contributed by atoms with Crippen LogP contribution in [0.4, 0.5) is 0 Å². The Balaban J connectivity index is 1.70. The number of nitrogens with zero attached hydrogens (tertiary/aromatic N) is 1. The number of rotatable bonds is 6. The summed E-state index contributed by atoms with van der Waals surface area (Å²) in [6, 6.07) is 13.0. The third kappa shape index (κ3) is 5.65. The Hall–Kier alpha value is -2.21. The highest BCUT2D eigenvalue weighted by Gasteiger charge is 2.07. The summed E-state index contributed by atoms with van der Waals surface area (Å²) in [4.78, 5) is 27.6. The average molecular weight is 362 g/mol. The molecule has 1 heterocycles. The second-order valence-electron chi connectivity index (χ2n) is 4.68. The largest absolute Gasteiger partial charge is 0.349 e. The number of benzene rings is 1. The van der Waals surface area contributed by atoms with E-state index in [2.05, 4.69) is 31.5 Å². The van der Waals surface area contributed by atoms with Gasteiger partial charge in [-0.3, -0.25) is 14.6 Å². The lowest BCUT2D eigenvalue weighted by atomic mass is 10.1. The number of carbonyl (C=O) groups is 2. The zero-order valence-corrected chi connectivity index (χ0v) is 13.5. The summed E-state index contributed by atoms with van der Waals surface area (Å²) in [6.07, 6.45) is 1.91. The summed E-state index contributed by atoms with van der Waals surface area (Å²) in [5.41, 5.74) is 1.66. The van der Waals surface area contributed by atoms with Gasteiger partial charge in [-0.05, 0) is 29.8 Å². The minimum atomic E-state index is -0.242. The van der Waals surface area contributed by atoms with Gasteiger partial charge in [-0.15, -0.1) is 0 Å². The number of aromatic nitrogens is 1. The van der Waals surface area contributed by atoms with E-state index in [4.69, 9.17) is 0 Å². The highest BCUT2D eigenvalue weighted by molar-refractivity contribution is 9.10. The Morgan fingerprint density at radius 1 is 1.05 bits per heavy atom. The molecular weight excluding hydrogens is 346 g/mol. The van der Waals surface area contributed by atoms with Crippen LogP contribution in [0.2, 0.25) is 0 Å². The summed E-state index contributed by atoms with van der Waals surface area (Å²) in [5, 5.41) is 5.30. The van der Waals surface area contributed by atoms with Gasteiger partial charge in [-0.1, -0.05) is 34.1 Å². The van der Waals surface area contributed by atoms with E-state index in [-0.39, 0.29) is 24.8 Å². The molecule has 0 bridgehead atoms. The van der Waals surface area contributed by atoms with Gasteiger partial charge in [0.15, 0.2) is 0 Å². The Morgan fingerprint density at radius 2 is 1.91 bits per heavy atom. The maximum Gasteiger partial charge on any atom is 0.239 e. The van der Waals surface area contributed by atoms with E-state index in [9.17, 15) is 9.59 Å². The van der Waals surface area contributed by atoms with Gasteiger partial charge in [0, 0.05) is 10.7 Å². The lowest BCUT2D eigenvalue weighted by Crippen LogP contribution is -2.37. The van der Waals surface area contributed by atoms with Crippen LogP contribution in [0.15, 0.2) is 53.1 Å². The number of amides is 2. The Morgan fingerprint density at radius 3 is 2.64 bits per heavy atom. The lowest BCUT2D eigenvalue weighted by Gasteiger charge is -2.07. The molecule has 0 aliphatic heterocycles. The van der Waals surface area contributed by atoms with Gasteiger partial charge in [0.05, 0.1) is 25.2 Å². The summed E-state index contributed by atoms with van der Waals surface area (Å²) in [5.74, 6) is -0.431. The van der Waals surface area contributed by atoms with Crippen LogP contribution in [0, 0.1) is 0 Å². The van der Waals surface area contributed by atoms with Crippen LogP contribution < -0.4 is 10.6 Å². The van der Waals surface area contributed by atoms with Crippen LogP contribution in [0.3, 0.4) is 0 Å². The third-order valence-corrected chi connectivity index (χ3v) is 3.39. The molecule has 0 saturated carbocycles. The van der Waals surface area contributed by atoms with Crippen LogP contribution in [0.5, 0.6) is 0 Å². The zero-order chi connectivity index (χ0) is 15.8. The van der Waals surface area contributed by atoms with Crippen LogP contribution in [-0.4, -0.2) is 23.3 Å². The molecule has 2 N–H and O–H groups in total. The second kappa shape index (κ2) is 8.29. The first-order valence-corrected chi connectivity index (χ1v) is 7.60. The van der Waals surface area contributed by atoms with Gasteiger partial charge in [-0.25, -0.2) is 0 Å². The molecule has 2 rings (SSSR count). The van der Waals surface area contributed by atoms with Crippen LogP contribution in [0.25, 0.3) is 0 Å². The van der Waals surface area contributed by atoms with Gasteiger partial charge in [0.25, 0.3) is 0 Å². The number of nitrogens with one attached hydrogen (secondary N) is 2. The normalized spacial score (nSPS) is 10.0. The van der Waals surface area contributed by atoms with Crippen molar-refractivity contribution in [3.63, 3.8) is 0 Å². The molecule has 6 heteroatoms. The number of hydrogen-bond acceptors (Lipinski definition) is 3. The van der Waals surface area contributed by atoms with Crippen molar-refractivity contribution in [2.24, 2.45) is 0 Å². The van der Waals surface area contributed by atoms with Crippen molar-refractivity contribution in [2.45, 2.75) is 13.0 Å². The molecular formula is C16H16BrN3O2. The van der Waals surface area contributed by atoms with Crippen molar-refractivity contribution in [1.82, 2.24) is 15.6 Å². The topological polar surface area (TPSA) is 71.1 Å². The van der Waals surface area contributed by atoms with E-state index in [0.29, 0.717) is 6.54 Å². The molecule has 1 aromatic carbocycles. The molecule has 114 valence electrons. The van der Waals surface area contributed by atoms with Crippen molar-refractivity contribution in [1.29, 1.82) is 0 Å². The molecule has 22 heavy (non-hydrogen) atoms. The van der Waals surface area contributed by atoms with E-state index < -0.39 is 0 Å². The van der Waals surface area contributed by atoms with E-state index in [0.717, 1.165) is 15.7 Å². The van der Waals surface area contributed by atoms with Crippen molar-refractivity contribution >= 4 is 27.7 Å². The molecule has 2 aromatic rings. The minimum absolute atomic E-state index is 0.0420. The first-order chi connectivity index (χ1) is 10.6. The molecule has 0 atom stereocenters. The van der Waals surface area contributed by atoms with E-state index >= 15 is 0 Å². The van der Waals surface area contributed by atoms with Gasteiger partial charge in [-0.2, -0.15) is 0 Å². The predicted molar refractivity (Wildman–Crippen MR) is 86.9 cm³/mol. The number of hydrogen-bond donors (Lipinski definition) is 2. The van der Waals surface area contributed by atoms with Crippen LogP contribution in [-0.2, 0) is 22.6 Å². The monoisotopic (exact) mass is 361 g/mol. The van der Waals surface area contributed by atoms with E-state index in [1.807, 2.05) is 42.5 Å². The first-order valence-electron chi connectivity index (χ1n) is 6.81. The fourth-order valence-corrected chi connectivity index (χ4v) is 2.27. The average Bonchev–Trinajstić information content (AvgIpc) is 2.52. The second-order valence-corrected chi connectivity index (χ2v) is 5.60. The SMILES string of the molecule is O=C(CNC(=O)Cc1cccc(Br)c1)NCc1ccccn1. The van der Waals surface area contributed by atoms with Crippen LogP contribution >= 0.6 is 15.9 Å². The van der Waals surface area contributed by atoms with Crippen molar-refractivity contribution in [2.75, 3.05) is 6.54 Å². The highest BCUT2D eigenvalue weighted by Crippen LogP contribution is 2.11. The smallest absolute Gasteiger partial charge is 0.239 e. The fraction of sp³-hybridized carbons (Fsp3) is 0.188. The molecule has 0 unspecified atom stereocenters. The predicted octanol–water partition coefficient (Wildman–Crippen LogP) is 1.82. The molecule has 0 spiro atoms. The van der Waals surface area contributed by atoms with Crippen molar-refractivity contribution in [3.8, 4) is 0 Å².